The van der Waals surface area contributed by atoms with E-state index in [1.807, 2.05) is 50.2 Å². The van der Waals surface area contributed by atoms with Gasteiger partial charge in [-0.3, -0.25) is 9.59 Å². The molecule has 1 amide bonds. The minimum absolute atomic E-state index is 0.0642. The number of benzene rings is 3. The van der Waals surface area contributed by atoms with Gasteiger partial charge in [-0.15, -0.1) is 0 Å². The monoisotopic (exact) mass is 455 g/mol. The number of nitrogens with zero attached hydrogens (tertiary/aromatic N) is 1. The number of rotatable bonds is 5. The summed E-state index contributed by atoms with van der Waals surface area (Å²) in [4.78, 5) is 39.6. The molecule has 1 N–H and O–H groups in total. The SMILES string of the molecule is COC(=O)c1ccc(CN2C(=O)C(=O)/C(=C(/O)c3ccc(C)cc3)C2c2ccccc2C)cc1. The molecule has 1 heterocycles. The number of ether oxygens (including phenoxy) is 1. The third-order valence-electron chi connectivity index (χ3n) is 6.08. The van der Waals surface area contributed by atoms with Gasteiger partial charge in [0.25, 0.3) is 11.7 Å². The zero-order chi connectivity index (χ0) is 24.4. The van der Waals surface area contributed by atoms with Crippen molar-refractivity contribution in [3.05, 3.63) is 112 Å². The van der Waals surface area contributed by atoms with Crippen LogP contribution in [0, 0.1) is 13.8 Å². The van der Waals surface area contributed by atoms with E-state index in [-0.39, 0.29) is 17.9 Å². The first kappa shape index (κ1) is 23.0. The van der Waals surface area contributed by atoms with E-state index >= 15 is 0 Å². The van der Waals surface area contributed by atoms with Gasteiger partial charge in [-0.25, -0.2) is 4.79 Å². The van der Waals surface area contributed by atoms with Crippen LogP contribution in [0.4, 0.5) is 0 Å². The first-order chi connectivity index (χ1) is 16.3. The van der Waals surface area contributed by atoms with Crippen LogP contribution in [0.2, 0.25) is 0 Å². The number of hydrogen-bond donors (Lipinski definition) is 1. The molecule has 1 fully saturated rings. The Morgan fingerprint density at radius 3 is 2.15 bits per heavy atom. The Labute approximate surface area is 198 Å². The predicted molar refractivity (Wildman–Crippen MR) is 128 cm³/mol. The maximum atomic E-state index is 13.2. The largest absolute Gasteiger partial charge is 0.507 e. The van der Waals surface area contributed by atoms with E-state index in [9.17, 15) is 19.5 Å². The standard InChI is InChI=1S/C28H25NO5/c1-17-8-12-20(13-9-17)25(30)23-24(22-7-5-4-6-18(22)2)29(27(32)26(23)31)16-19-10-14-21(15-11-19)28(33)34-3/h4-15,24,30H,16H2,1-3H3/b25-23+. The smallest absolute Gasteiger partial charge is 0.337 e. The lowest BCUT2D eigenvalue weighted by Crippen LogP contribution is -2.29. The van der Waals surface area contributed by atoms with Gasteiger partial charge in [0, 0.05) is 12.1 Å². The van der Waals surface area contributed by atoms with Crippen LogP contribution in [0.15, 0.2) is 78.4 Å². The van der Waals surface area contributed by atoms with Gasteiger partial charge in [-0.1, -0.05) is 66.2 Å². The number of Topliss-reactive ketones (excluding diaryl/α,β-unsaturated/α-hetero) is 1. The summed E-state index contributed by atoms with van der Waals surface area (Å²) in [5.74, 6) is -2.06. The number of carbonyl (C=O) groups is 3. The molecule has 6 nitrogen and oxygen atoms in total. The Hall–Kier alpha value is -4.19. The van der Waals surface area contributed by atoms with E-state index in [0.29, 0.717) is 11.1 Å². The fourth-order valence-electron chi connectivity index (χ4n) is 4.19. The molecule has 1 aliphatic heterocycles. The molecule has 34 heavy (non-hydrogen) atoms. The Morgan fingerprint density at radius 2 is 1.53 bits per heavy atom. The summed E-state index contributed by atoms with van der Waals surface area (Å²) in [5.41, 5.74) is 4.35. The van der Waals surface area contributed by atoms with E-state index < -0.39 is 23.7 Å². The number of aliphatic hydroxyl groups is 1. The number of hydrogen-bond acceptors (Lipinski definition) is 5. The summed E-state index contributed by atoms with van der Waals surface area (Å²) in [7, 11) is 1.31. The molecule has 172 valence electrons. The van der Waals surface area contributed by atoms with Crippen molar-refractivity contribution in [2.75, 3.05) is 7.11 Å². The highest BCUT2D eigenvalue weighted by atomic mass is 16.5. The molecular formula is C28H25NO5. The first-order valence-corrected chi connectivity index (χ1v) is 10.9. The highest BCUT2D eigenvalue weighted by Gasteiger charge is 2.46. The molecule has 0 saturated carbocycles. The third-order valence-corrected chi connectivity index (χ3v) is 6.08. The summed E-state index contributed by atoms with van der Waals surface area (Å²) >= 11 is 0. The van der Waals surface area contributed by atoms with Crippen molar-refractivity contribution in [1.29, 1.82) is 0 Å². The quantitative estimate of drug-likeness (QED) is 0.261. The van der Waals surface area contributed by atoms with Gasteiger partial charge in [0.15, 0.2) is 0 Å². The van der Waals surface area contributed by atoms with Crippen LogP contribution in [0.3, 0.4) is 0 Å². The van der Waals surface area contributed by atoms with Gasteiger partial charge in [-0.05, 0) is 42.7 Å². The number of ketones is 1. The summed E-state index contributed by atoms with van der Waals surface area (Å²) in [6.45, 7) is 3.98. The summed E-state index contributed by atoms with van der Waals surface area (Å²) < 4.78 is 4.74. The van der Waals surface area contributed by atoms with Crippen molar-refractivity contribution in [2.24, 2.45) is 0 Å². The molecule has 0 radical (unpaired) electrons. The number of likely N-dealkylation sites (tertiary alicyclic amines) is 1. The van der Waals surface area contributed by atoms with Crippen LogP contribution >= 0.6 is 0 Å². The summed E-state index contributed by atoms with van der Waals surface area (Å²) in [6, 6.07) is 20.6. The number of carbonyl (C=O) groups excluding carboxylic acids is 3. The van der Waals surface area contributed by atoms with Crippen molar-refractivity contribution in [2.45, 2.75) is 26.4 Å². The number of esters is 1. The van der Waals surface area contributed by atoms with Crippen LogP contribution in [0.25, 0.3) is 5.76 Å². The molecular weight excluding hydrogens is 430 g/mol. The second-order valence-electron chi connectivity index (χ2n) is 8.34. The topological polar surface area (TPSA) is 83.9 Å². The van der Waals surface area contributed by atoms with Crippen LogP contribution in [-0.4, -0.2) is 34.8 Å². The van der Waals surface area contributed by atoms with Crippen LogP contribution < -0.4 is 0 Å². The van der Waals surface area contributed by atoms with Crippen LogP contribution in [0.1, 0.15) is 44.2 Å². The predicted octanol–water partition coefficient (Wildman–Crippen LogP) is 4.71. The third kappa shape index (κ3) is 4.22. The fraction of sp³-hybridized carbons (Fsp3) is 0.179. The van der Waals surface area contributed by atoms with E-state index in [1.54, 1.807) is 36.4 Å². The van der Waals surface area contributed by atoms with Gasteiger partial charge in [0.1, 0.15) is 5.76 Å². The summed E-state index contributed by atoms with van der Waals surface area (Å²) in [6.07, 6.45) is 0. The van der Waals surface area contributed by atoms with E-state index in [2.05, 4.69) is 0 Å². The van der Waals surface area contributed by atoms with Crippen molar-refractivity contribution in [3.63, 3.8) is 0 Å². The van der Waals surface area contributed by atoms with E-state index in [1.165, 1.54) is 12.0 Å². The van der Waals surface area contributed by atoms with Crippen molar-refractivity contribution in [3.8, 4) is 0 Å². The average molecular weight is 456 g/mol. The minimum atomic E-state index is -0.747. The molecule has 3 aromatic rings. The highest BCUT2D eigenvalue weighted by molar-refractivity contribution is 6.46. The maximum absolute atomic E-state index is 13.2. The Bertz CT molecular complexity index is 1290. The van der Waals surface area contributed by atoms with Gasteiger partial charge >= 0.3 is 5.97 Å². The molecule has 1 aliphatic rings. The molecule has 1 unspecified atom stereocenters. The van der Waals surface area contributed by atoms with Crippen LogP contribution in [-0.2, 0) is 20.9 Å². The normalized spacial score (nSPS) is 17.1. The van der Waals surface area contributed by atoms with E-state index in [4.69, 9.17) is 4.74 Å². The molecule has 3 aromatic carbocycles. The Kier molecular flexibility index (Phi) is 6.32. The molecule has 4 rings (SSSR count). The summed E-state index contributed by atoms with van der Waals surface area (Å²) in [5, 5.41) is 11.2. The second-order valence-corrected chi connectivity index (χ2v) is 8.34. The van der Waals surface area contributed by atoms with Crippen molar-refractivity contribution >= 4 is 23.4 Å². The lowest BCUT2D eigenvalue weighted by Gasteiger charge is -2.26. The number of aliphatic hydroxyl groups excluding tert-OH is 1. The highest BCUT2D eigenvalue weighted by Crippen LogP contribution is 2.41. The number of amides is 1. The fourth-order valence-corrected chi connectivity index (χ4v) is 4.19. The molecule has 0 aromatic heterocycles. The lowest BCUT2D eigenvalue weighted by atomic mass is 9.92. The second kappa shape index (κ2) is 9.35. The average Bonchev–Trinajstić information content (AvgIpc) is 3.09. The molecule has 0 aliphatic carbocycles. The zero-order valence-electron chi connectivity index (χ0n) is 19.2. The van der Waals surface area contributed by atoms with Gasteiger partial charge < -0.3 is 14.7 Å². The van der Waals surface area contributed by atoms with Gasteiger partial charge in [0.05, 0.1) is 24.3 Å². The van der Waals surface area contributed by atoms with Crippen molar-refractivity contribution in [1.82, 2.24) is 4.90 Å². The molecule has 1 saturated heterocycles. The number of aryl methyl sites for hydroxylation is 2. The first-order valence-electron chi connectivity index (χ1n) is 10.9. The molecule has 0 bridgehead atoms. The van der Waals surface area contributed by atoms with Crippen LogP contribution in [0.5, 0.6) is 0 Å². The van der Waals surface area contributed by atoms with Gasteiger partial charge in [0.2, 0.25) is 0 Å². The molecule has 0 spiro atoms. The minimum Gasteiger partial charge on any atom is -0.507 e. The Morgan fingerprint density at radius 1 is 0.912 bits per heavy atom. The molecule has 1 atom stereocenters. The van der Waals surface area contributed by atoms with Crippen molar-refractivity contribution < 1.29 is 24.2 Å². The lowest BCUT2D eigenvalue weighted by molar-refractivity contribution is -0.140. The van der Waals surface area contributed by atoms with E-state index in [0.717, 1.165) is 22.3 Å². The maximum Gasteiger partial charge on any atom is 0.337 e. The Balaban J connectivity index is 1.81. The zero-order valence-corrected chi connectivity index (χ0v) is 19.2. The molecule has 6 heteroatoms. The number of methoxy groups -OCH3 is 1. The van der Waals surface area contributed by atoms with Gasteiger partial charge in [-0.2, -0.15) is 0 Å².